The maximum absolute atomic E-state index is 14.2. The highest BCUT2D eigenvalue weighted by atomic mass is 35.5. The Morgan fingerprint density at radius 2 is 2.05 bits per heavy atom. The second kappa shape index (κ2) is 6.57. The lowest BCUT2D eigenvalue weighted by Gasteiger charge is -2.08. The Hall–Kier alpha value is -2.41. The lowest BCUT2D eigenvalue weighted by molar-refractivity contribution is 0.359. The van der Waals surface area contributed by atoms with Crippen LogP contribution in [0.3, 0.4) is 0 Å². The molecule has 0 fully saturated rings. The zero-order valence-electron chi connectivity index (χ0n) is 11.6. The first kappa shape index (κ1) is 16.0. The summed E-state index contributed by atoms with van der Waals surface area (Å²) >= 11 is 0. The lowest BCUT2D eigenvalue weighted by Crippen LogP contribution is -2.00. The molecule has 5 nitrogen and oxygen atoms in total. The Bertz CT molecular complexity index is 758. The molecule has 0 spiro atoms. The first-order valence-electron chi connectivity index (χ1n) is 6.20. The first-order chi connectivity index (χ1) is 10.2. The van der Waals surface area contributed by atoms with Crippen LogP contribution in [0, 0.1) is 11.6 Å². The third kappa shape index (κ3) is 2.94. The van der Waals surface area contributed by atoms with E-state index < -0.39 is 17.4 Å². The summed E-state index contributed by atoms with van der Waals surface area (Å²) in [7, 11) is 1.23. The van der Waals surface area contributed by atoms with Crippen LogP contribution in [0.5, 0.6) is 5.75 Å². The summed E-state index contributed by atoms with van der Waals surface area (Å²) in [6.07, 6.45) is 8.29. The standard InChI is InChI=1S/C14H12F2N4O.ClH/c1-21-14-11(15)2-3-12(13(14)16)20-7-10(18-9-20)6-19-5-4-17-8-19;/h2-5,7-9H,6H2,1H3;1H. The fraction of sp³-hybridized carbons (Fsp3) is 0.143. The maximum atomic E-state index is 14.2. The normalized spacial score (nSPS) is 10.3. The highest BCUT2D eigenvalue weighted by Crippen LogP contribution is 2.26. The van der Waals surface area contributed by atoms with Crippen molar-refractivity contribution in [2.75, 3.05) is 7.11 Å². The molecular weight excluding hydrogens is 314 g/mol. The molecule has 0 aliphatic heterocycles. The second-order valence-electron chi connectivity index (χ2n) is 4.42. The highest BCUT2D eigenvalue weighted by Gasteiger charge is 2.15. The second-order valence-corrected chi connectivity index (χ2v) is 4.42. The zero-order valence-corrected chi connectivity index (χ0v) is 12.4. The van der Waals surface area contributed by atoms with E-state index in [0.717, 1.165) is 11.8 Å². The van der Waals surface area contributed by atoms with E-state index in [4.69, 9.17) is 4.74 Å². The van der Waals surface area contributed by atoms with Gasteiger partial charge in [-0.25, -0.2) is 18.7 Å². The van der Waals surface area contributed by atoms with Gasteiger partial charge in [0, 0.05) is 18.6 Å². The van der Waals surface area contributed by atoms with Gasteiger partial charge < -0.3 is 13.9 Å². The van der Waals surface area contributed by atoms with Crippen LogP contribution >= 0.6 is 12.4 Å². The monoisotopic (exact) mass is 326 g/mol. The zero-order chi connectivity index (χ0) is 14.8. The minimum atomic E-state index is -0.760. The Balaban J connectivity index is 0.00000176. The third-order valence-corrected chi connectivity index (χ3v) is 3.05. The number of aromatic nitrogens is 4. The van der Waals surface area contributed by atoms with E-state index in [2.05, 4.69) is 9.97 Å². The van der Waals surface area contributed by atoms with E-state index in [1.807, 2.05) is 4.57 Å². The number of rotatable bonds is 4. The average molecular weight is 327 g/mol. The molecule has 3 aromatic rings. The van der Waals surface area contributed by atoms with Crippen LogP contribution in [0.1, 0.15) is 5.69 Å². The molecule has 0 bridgehead atoms. The summed E-state index contributed by atoms with van der Waals surface area (Å²) in [6.45, 7) is 0.521. The van der Waals surface area contributed by atoms with Crippen molar-refractivity contribution >= 4 is 12.4 Å². The van der Waals surface area contributed by atoms with E-state index in [0.29, 0.717) is 6.54 Å². The van der Waals surface area contributed by atoms with Gasteiger partial charge in [0.2, 0.25) is 0 Å². The lowest BCUT2D eigenvalue weighted by atomic mass is 10.2. The van der Waals surface area contributed by atoms with Crippen molar-refractivity contribution in [3.8, 4) is 11.4 Å². The molecule has 2 aromatic heterocycles. The molecule has 116 valence electrons. The maximum Gasteiger partial charge on any atom is 0.192 e. The predicted molar refractivity (Wildman–Crippen MR) is 78.6 cm³/mol. The van der Waals surface area contributed by atoms with Gasteiger partial charge in [-0.2, -0.15) is 0 Å². The van der Waals surface area contributed by atoms with Gasteiger partial charge in [-0.05, 0) is 12.1 Å². The van der Waals surface area contributed by atoms with Crippen molar-refractivity contribution in [1.29, 1.82) is 0 Å². The molecule has 0 atom stereocenters. The Morgan fingerprint density at radius 3 is 2.73 bits per heavy atom. The molecule has 0 aliphatic rings. The number of ether oxygens (including phenoxy) is 1. The third-order valence-electron chi connectivity index (χ3n) is 3.05. The SMILES string of the molecule is COc1c(F)ccc(-n2cnc(Cn3ccnc3)c2)c1F.Cl. The van der Waals surface area contributed by atoms with Gasteiger partial charge in [0.1, 0.15) is 0 Å². The molecule has 0 amide bonds. The van der Waals surface area contributed by atoms with E-state index in [1.54, 1.807) is 24.9 Å². The number of halogens is 3. The molecule has 0 saturated heterocycles. The summed E-state index contributed by atoms with van der Waals surface area (Å²) < 4.78 is 35.6. The van der Waals surface area contributed by atoms with E-state index in [-0.39, 0.29) is 18.1 Å². The molecule has 0 unspecified atom stereocenters. The van der Waals surface area contributed by atoms with Crippen LogP contribution in [0.15, 0.2) is 43.4 Å². The van der Waals surface area contributed by atoms with Gasteiger partial charge in [0.25, 0.3) is 0 Å². The van der Waals surface area contributed by atoms with Crippen molar-refractivity contribution in [3.63, 3.8) is 0 Å². The summed E-state index contributed by atoms with van der Waals surface area (Å²) in [6, 6.07) is 2.50. The minimum Gasteiger partial charge on any atom is -0.491 e. The molecule has 1 aromatic carbocycles. The summed E-state index contributed by atoms with van der Waals surface area (Å²) in [5.41, 5.74) is 0.910. The van der Waals surface area contributed by atoms with Crippen LogP contribution in [0.4, 0.5) is 8.78 Å². The fourth-order valence-corrected chi connectivity index (χ4v) is 2.05. The molecule has 3 rings (SSSR count). The summed E-state index contributed by atoms with van der Waals surface area (Å²) in [5.74, 6) is -1.90. The predicted octanol–water partition coefficient (Wildman–Crippen LogP) is 2.83. The summed E-state index contributed by atoms with van der Waals surface area (Å²) in [5, 5.41) is 0. The number of hydrogen-bond acceptors (Lipinski definition) is 3. The first-order valence-corrected chi connectivity index (χ1v) is 6.20. The molecule has 0 radical (unpaired) electrons. The molecule has 0 aliphatic carbocycles. The van der Waals surface area contributed by atoms with Gasteiger partial charge in [-0.3, -0.25) is 0 Å². The van der Waals surface area contributed by atoms with Crippen LogP contribution in [0.25, 0.3) is 5.69 Å². The van der Waals surface area contributed by atoms with Crippen molar-refractivity contribution in [2.24, 2.45) is 0 Å². The highest BCUT2D eigenvalue weighted by molar-refractivity contribution is 5.85. The molecule has 2 heterocycles. The van der Waals surface area contributed by atoms with Crippen LogP contribution in [0.2, 0.25) is 0 Å². The summed E-state index contributed by atoms with van der Waals surface area (Å²) in [4.78, 5) is 8.14. The van der Waals surface area contributed by atoms with Crippen LogP contribution in [-0.4, -0.2) is 26.2 Å². The number of hydrogen-bond donors (Lipinski definition) is 0. The average Bonchev–Trinajstić information content (AvgIpc) is 3.12. The quantitative estimate of drug-likeness (QED) is 0.740. The molecule has 0 N–H and O–H groups in total. The van der Waals surface area contributed by atoms with Gasteiger partial charge in [-0.15, -0.1) is 12.4 Å². The number of methoxy groups -OCH3 is 1. The van der Waals surface area contributed by atoms with E-state index in [1.165, 1.54) is 24.1 Å². The number of benzene rings is 1. The largest absolute Gasteiger partial charge is 0.491 e. The van der Waals surface area contributed by atoms with Gasteiger partial charge >= 0.3 is 0 Å². The van der Waals surface area contributed by atoms with E-state index in [9.17, 15) is 8.78 Å². The van der Waals surface area contributed by atoms with Gasteiger partial charge in [-0.1, -0.05) is 0 Å². The van der Waals surface area contributed by atoms with Crippen molar-refractivity contribution in [3.05, 3.63) is 60.7 Å². The molecule has 0 saturated carbocycles. The molecule has 22 heavy (non-hydrogen) atoms. The smallest absolute Gasteiger partial charge is 0.192 e. The Morgan fingerprint density at radius 1 is 1.23 bits per heavy atom. The van der Waals surface area contributed by atoms with Crippen molar-refractivity contribution in [2.45, 2.75) is 6.54 Å². The topological polar surface area (TPSA) is 44.9 Å². The minimum absolute atomic E-state index is 0. The van der Waals surface area contributed by atoms with E-state index >= 15 is 0 Å². The van der Waals surface area contributed by atoms with Crippen LogP contribution in [-0.2, 0) is 6.54 Å². The molecule has 8 heteroatoms. The Labute approximate surface area is 131 Å². The number of imidazole rings is 2. The van der Waals surface area contributed by atoms with Gasteiger partial charge in [0.15, 0.2) is 17.4 Å². The van der Waals surface area contributed by atoms with Crippen LogP contribution < -0.4 is 4.74 Å². The van der Waals surface area contributed by atoms with Crippen molar-refractivity contribution < 1.29 is 13.5 Å². The van der Waals surface area contributed by atoms with Crippen molar-refractivity contribution in [1.82, 2.24) is 19.1 Å². The van der Waals surface area contributed by atoms with Gasteiger partial charge in [0.05, 0.1) is 37.7 Å². The Kier molecular flexibility index (Phi) is 4.77. The molecular formula is C14H13ClF2N4O. The fourth-order valence-electron chi connectivity index (χ4n) is 2.05. The number of nitrogens with zero attached hydrogens (tertiary/aromatic N) is 4.